The van der Waals surface area contributed by atoms with E-state index in [0.29, 0.717) is 19.6 Å². The average molecular weight is 320 g/mol. The third kappa shape index (κ3) is 3.34. The summed E-state index contributed by atoms with van der Waals surface area (Å²) in [4.78, 5) is 0. The maximum Gasteiger partial charge on any atom is 0.199 e. The summed E-state index contributed by atoms with van der Waals surface area (Å²) in [6.07, 6.45) is 1.96. The lowest BCUT2D eigenvalue weighted by molar-refractivity contribution is -0.230. The SMILES string of the molecule is COC[C@@H]1OC2(CCC(c3ccccc3)=C[C@H]2O)O[C@H]1COC. The predicted molar refractivity (Wildman–Crippen MR) is 85.9 cm³/mol. The van der Waals surface area contributed by atoms with Gasteiger partial charge in [0.05, 0.1) is 13.2 Å². The lowest BCUT2D eigenvalue weighted by Crippen LogP contribution is -2.45. The Morgan fingerprint density at radius 3 is 2.22 bits per heavy atom. The third-order valence-corrected chi connectivity index (χ3v) is 4.48. The molecule has 1 aliphatic carbocycles. The van der Waals surface area contributed by atoms with Crippen molar-refractivity contribution in [2.75, 3.05) is 27.4 Å². The van der Waals surface area contributed by atoms with E-state index in [4.69, 9.17) is 18.9 Å². The summed E-state index contributed by atoms with van der Waals surface area (Å²) in [6.45, 7) is 0.829. The zero-order valence-corrected chi connectivity index (χ0v) is 13.6. The van der Waals surface area contributed by atoms with Gasteiger partial charge in [-0.2, -0.15) is 0 Å². The van der Waals surface area contributed by atoms with E-state index in [9.17, 15) is 5.11 Å². The number of benzene rings is 1. The molecule has 1 saturated heterocycles. The van der Waals surface area contributed by atoms with Gasteiger partial charge in [0.15, 0.2) is 5.79 Å². The first-order valence-electron chi connectivity index (χ1n) is 7.96. The lowest BCUT2D eigenvalue weighted by atomic mass is 9.88. The minimum Gasteiger partial charge on any atom is -0.383 e. The summed E-state index contributed by atoms with van der Waals surface area (Å²) in [5, 5.41) is 10.7. The van der Waals surface area contributed by atoms with Crippen LogP contribution in [0.3, 0.4) is 0 Å². The monoisotopic (exact) mass is 320 g/mol. The highest BCUT2D eigenvalue weighted by Crippen LogP contribution is 2.42. The molecule has 1 aliphatic heterocycles. The van der Waals surface area contributed by atoms with Gasteiger partial charge >= 0.3 is 0 Å². The molecule has 1 fully saturated rings. The molecule has 126 valence electrons. The van der Waals surface area contributed by atoms with Gasteiger partial charge in [0.2, 0.25) is 0 Å². The Morgan fingerprint density at radius 2 is 1.70 bits per heavy atom. The molecule has 0 radical (unpaired) electrons. The number of aliphatic hydroxyl groups excluding tert-OH is 1. The largest absolute Gasteiger partial charge is 0.383 e. The van der Waals surface area contributed by atoms with Gasteiger partial charge in [0.25, 0.3) is 0 Å². The van der Waals surface area contributed by atoms with Crippen molar-refractivity contribution in [1.29, 1.82) is 0 Å². The highest BCUT2D eigenvalue weighted by Gasteiger charge is 2.52. The van der Waals surface area contributed by atoms with Crippen LogP contribution >= 0.6 is 0 Å². The highest BCUT2D eigenvalue weighted by molar-refractivity contribution is 5.67. The standard InChI is InChI=1S/C18H24O5/c1-20-11-15-16(12-21-2)23-18(22-15)9-8-14(10-17(18)19)13-6-4-3-5-7-13/h3-7,10,15-17,19H,8-9,11-12H2,1-2H3/t15-,16-,17+/m0/s1. The molecule has 0 bridgehead atoms. The number of allylic oxidation sites excluding steroid dienone is 1. The van der Waals surface area contributed by atoms with Crippen LogP contribution < -0.4 is 0 Å². The van der Waals surface area contributed by atoms with Crippen molar-refractivity contribution < 1.29 is 24.1 Å². The molecule has 0 amide bonds. The van der Waals surface area contributed by atoms with Crippen LogP contribution in [0.5, 0.6) is 0 Å². The Kier molecular flexibility index (Phi) is 5.14. The van der Waals surface area contributed by atoms with Gasteiger partial charge in [-0.05, 0) is 23.6 Å². The minimum absolute atomic E-state index is 0.235. The molecule has 3 atom stereocenters. The second kappa shape index (κ2) is 7.11. The van der Waals surface area contributed by atoms with Crippen LogP contribution in [-0.2, 0) is 18.9 Å². The van der Waals surface area contributed by atoms with Crippen molar-refractivity contribution in [3.63, 3.8) is 0 Å². The summed E-state index contributed by atoms with van der Waals surface area (Å²) in [5.41, 5.74) is 2.25. The fourth-order valence-electron chi connectivity index (χ4n) is 3.31. The molecule has 1 heterocycles. The summed E-state index contributed by atoms with van der Waals surface area (Å²) < 4.78 is 22.5. The first kappa shape index (κ1) is 16.6. The van der Waals surface area contributed by atoms with Gasteiger partial charge in [0.1, 0.15) is 18.3 Å². The molecule has 23 heavy (non-hydrogen) atoms. The Bertz CT molecular complexity index is 528. The van der Waals surface area contributed by atoms with E-state index in [1.54, 1.807) is 14.2 Å². The van der Waals surface area contributed by atoms with Gasteiger partial charge in [-0.15, -0.1) is 0 Å². The fraction of sp³-hybridized carbons (Fsp3) is 0.556. The third-order valence-electron chi connectivity index (χ3n) is 4.48. The molecule has 5 heteroatoms. The van der Waals surface area contributed by atoms with Crippen LogP contribution in [0, 0.1) is 0 Å². The number of methoxy groups -OCH3 is 2. The second-order valence-electron chi connectivity index (χ2n) is 6.04. The predicted octanol–water partition coefficient (Wildman–Crippen LogP) is 2.00. The normalized spacial score (nSPS) is 29.7. The van der Waals surface area contributed by atoms with Crippen LogP contribution in [-0.4, -0.2) is 56.6 Å². The van der Waals surface area contributed by atoms with Crippen LogP contribution in [0.25, 0.3) is 5.57 Å². The molecular weight excluding hydrogens is 296 g/mol. The van der Waals surface area contributed by atoms with Gasteiger partial charge in [-0.1, -0.05) is 30.3 Å². The van der Waals surface area contributed by atoms with Crippen molar-refractivity contribution in [3.05, 3.63) is 42.0 Å². The molecular formula is C18H24O5. The molecule has 1 spiro atoms. The zero-order valence-electron chi connectivity index (χ0n) is 13.6. The van der Waals surface area contributed by atoms with Crippen molar-refractivity contribution in [1.82, 2.24) is 0 Å². The Morgan fingerprint density at radius 1 is 1.09 bits per heavy atom. The number of ether oxygens (including phenoxy) is 4. The van der Waals surface area contributed by atoms with Crippen molar-refractivity contribution in [2.45, 2.75) is 36.9 Å². The molecule has 5 nitrogen and oxygen atoms in total. The smallest absolute Gasteiger partial charge is 0.199 e. The fourth-order valence-corrected chi connectivity index (χ4v) is 3.31. The van der Waals surface area contributed by atoms with E-state index < -0.39 is 11.9 Å². The molecule has 1 aromatic rings. The number of aliphatic hydroxyl groups is 1. The van der Waals surface area contributed by atoms with Crippen LogP contribution in [0.1, 0.15) is 18.4 Å². The number of hydrogen-bond donors (Lipinski definition) is 1. The van der Waals surface area contributed by atoms with Gasteiger partial charge in [0, 0.05) is 20.6 Å². The summed E-state index contributed by atoms with van der Waals surface area (Å²) >= 11 is 0. The Hall–Kier alpha value is -1.24. The number of rotatable bonds is 5. The maximum absolute atomic E-state index is 10.7. The molecule has 0 unspecified atom stereocenters. The van der Waals surface area contributed by atoms with Gasteiger partial charge < -0.3 is 24.1 Å². The van der Waals surface area contributed by atoms with Gasteiger partial charge in [-0.3, -0.25) is 0 Å². The zero-order chi connectivity index (χ0) is 16.3. The lowest BCUT2D eigenvalue weighted by Gasteiger charge is -2.35. The van der Waals surface area contributed by atoms with Crippen molar-refractivity contribution in [2.24, 2.45) is 0 Å². The van der Waals surface area contributed by atoms with Gasteiger partial charge in [-0.25, -0.2) is 0 Å². The van der Waals surface area contributed by atoms with Crippen molar-refractivity contribution in [3.8, 4) is 0 Å². The minimum atomic E-state index is -0.995. The van der Waals surface area contributed by atoms with E-state index in [0.717, 1.165) is 17.6 Å². The maximum atomic E-state index is 10.7. The van der Waals surface area contributed by atoms with E-state index in [-0.39, 0.29) is 12.2 Å². The summed E-state index contributed by atoms with van der Waals surface area (Å²) in [7, 11) is 3.26. The van der Waals surface area contributed by atoms with E-state index in [1.165, 1.54) is 0 Å². The molecule has 0 saturated carbocycles. The quantitative estimate of drug-likeness (QED) is 0.899. The van der Waals surface area contributed by atoms with Crippen molar-refractivity contribution >= 4 is 5.57 Å². The van der Waals surface area contributed by atoms with E-state index in [2.05, 4.69) is 0 Å². The highest BCUT2D eigenvalue weighted by atomic mass is 16.8. The second-order valence-corrected chi connectivity index (χ2v) is 6.04. The van der Waals surface area contributed by atoms with Crippen LogP contribution in [0.2, 0.25) is 0 Å². The molecule has 2 aliphatic rings. The van der Waals surface area contributed by atoms with E-state index in [1.807, 2.05) is 36.4 Å². The average Bonchev–Trinajstić information content (AvgIpc) is 2.91. The first-order chi connectivity index (χ1) is 11.2. The Balaban J connectivity index is 1.78. The summed E-state index contributed by atoms with van der Waals surface area (Å²) in [5.74, 6) is -0.995. The summed E-state index contributed by atoms with van der Waals surface area (Å²) in [6, 6.07) is 10.1. The molecule has 0 aromatic heterocycles. The molecule has 1 aromatic carbocycles. The molecule has 1 N–H and O–H groups in total. The molecule has 3 rings (SSSR count). The van der Waals surface area contributed by atoms with Crippen LogP contribution in [0.15, 0.2) is 36.4 Å². The Labute approximate surface area is 136 Å². The topological polar surface area (TPSA) is 57.2 Å². The van der Waals surface area contributed by atoms with E-state index >= 15 is 0 Å². The first-order valence-corrected chi connectivity index (χ1v) is 7.96. The van der Waals surface area contributed by atoms with Crippen LogP contribution in [0.4, 0.5) is 0 Å². The number of hydrogen-bond acceptors (Lipinski definition) is 5.